The number of carbonyl (C=O) groups is 2. The lowest BCUT2D eigenvalue weighted by atomic mass is 9.87. The van der Waals surface area contributed by atoms with Crippen LogP contribution in [0.3, 0.4) is 0 Å². The molecule has 0 spiro atoms. The van der Waals surface area contributed by atoms with Crippen molar-refractivity contribution in [2.45, 2.75) is 58.0 Å². The van der Waals surface area contributed by atoms with E-state index in [-0.39, 0.29) is 23.8 Å². The SMILES string of the molecule is CCn1nccc1C(=O)NC(c1cnc(/C=C\C(=N)CC2CCNC2=O)[nH]1)C(C1CC1)C1CC1. The summed E-state index contributed by atoms with van der Waals surface area (Å²) < 4.78 is 1.72. The lowest BCUT2D eigenvalue weighted by Crippen LogP contribution is -2.36. The van der Waals surface area contributed by atoms with Crippen LogP contribution in [0.15, 0.2) is 24.5 Å². The number of carbonyl (C=O) groups excluding carboxylic acids is 2. The van der Waals surface area contributed by atoms with Crippen LogP contribution < -0.4 is 10.6 Å². The Labute approximate surface area is 199 Å². The Morgan fingerprint density at radius 1 is 1.29 bits per heavy atom. The molecule has 4 N–H and O–H groups in total. The number of H-pyrrole nitrogens is 1. The summed E-state index contributed by atoms with van der Waals surface area (Å²) in [6, 6.07) is 1.63. The van der Waals surface area contributed by atoms with Crippen LogP contribution in [0.4, 0.5) is 0 Å². The molecule has 2 saturated carbocycles. The van der Waals surface area contributed by atoms with Crippen molar-refractivity contribution in [3.63, 3.8) is 0 Å². The number of allylic oxidation sites excluding steroid dienone is 1. The monoisotopic (exact) mass is 463 g/mol. The van der Waals surface area contributed by atoms with Crippen LogP contribution in [0.1, 0.15) is 73.5 Å². The number of nitrogens with zero attached hydrogens (tertiary/aromatic N) is 3. The molecular formula is C25H33N7O2. The molecule has 2 aliphatic carbocycles. The molecule has 9 nitrogen and oxygen atoms in total. The minimum Gasteiger partial charge on any atom is -0.356 e. The Bertz CT molecular complexity index is 1080. The minimum atomic E-state index is -0.135. The fourth-order valence-corrected chi connectivity index (χ4v) is 5.21. The molecule has 0 aromatic carbocycles. The van der Waals surface area contributed by atoms with Crippen LogP contribution in [-0.4, -0.2) is 43.8 Å². The highest BCUT2D eigenvalue weighted by atomic mass is 16.2. The maximum atomic E-state index is 13.2. The first-order valence-corrected chi connectivity index (χ1v) is 12.4. The topological polar surface area (TPSA) is 129 Å². The van der Waals surface area contributed by atoms with Gasteiger partial charge in [0.2, 0.25) is 5.91 Å². The molecule has 180 valence electrons. The van der Waals surface area contributed by atoms with Gasteiger partial charge in [-0.25, -0.2) is 4.98 Å². The van der Waals surface area contributed by atoms with E-state index in [9.17, 15) is 9.59 Å². The van der Waals surface area contributed by atoms with Gasteiger partial charge in [0.15, 0.2) is 0 Å². The molecule has 2 aromatic heterocycles. The van der Waals surface area contributed by atoms with Gasteiger partial charge >= 0.3 is 0 Å². The van der Waals surface area contributed by atoms with Gasteiger partial charge in [-0.1, -0.05) is 0 Å². The molecule has 1 saturated heterocycles. The lowest BCUT2D eigenvalue weighted by molar-refractivity contribution is -0.122. The van der Waals surface area contributed by atoms with E-state index in [0.29, 0.717) is 54.5 Å². The number of hydrogen-bond donors (Lipinski definition) is 4. The van der Waals surface area contributed by atoms with Gasteiger partial charge in [-0.15, -0.1) is 0 Å². The zero-order valence-electron chi connectivity index (χ0n) is 19.6. The first-order chi connectivity index (χ1) is 16.5. The van der Waals surface area contributed by atoms with E-state index in [1.165, 1.54) is 25.7 Å². The lowest BCUT2D eigenvalue weighted by Gasteiger charge is -2.27. The number of nitrogens with one attached hydrogen (secondary N) is 4. The molecular weight excluding hydrogens is 430 g/mol. The molecule has 34 heavy (non-hydrogen) atoms. The van der Waals surface area contributed by atoms with Gasteiger partial charge in [-0.2, -0.15) is 5.10 Å². The molecule has 3 aliphatic rings. The number of rotatable bonds is 11. The molecule has 2 unspecified atom stereocenters. The Morgan fingerprint density at radius 3 is 2.71 bits per heavy atom. The number of aromatic nitrogens is 4. The zero-order chi connectivity index (χ0) is 23.7. The summed E-state index contributed by atoms with van der Waals surface area (Å²) in [5.41, 5.74) is 1.88. The Morgan fingerprint density at radius 2 is 2.06 bits per heavy atom. The molecule has 2 amide bonds. The van der Waals surface area contributed by atoms with E-state index in [4.69, 9.17) is 5.41 Å². The number of amides is 2. The van der Waals surface area contributed by atoms with Gasteiger partial charge in [0, 0.05) is 37.3 Å². The molecule has 0 bridgehead atoms. The van der Waals surface area contributed by atoms with Crippen molar-refractivity contribution in [3.05, 3.63) is 41.7 Å². The largest absolute Gasteiger partial charge is 0.356 e. The molecule has 3 fully saturated rings. The van der Waals surface area contributed by atoms with Crippen LogP contribution in [-0.2, 0) is 11.3 Å². The standard InChI is InChI=1S/C25H33N7O2/c1-2-32-20(10-12-29-32)25(34)31-23(22(15-3-4-15)16-5-6-16)19-14-28-21(30-19)8-7-18(26)13-17-9-11-27-24(17)33/h7-8,10,12,14-17,22-23,26H,2-6,9,11,13H2,1H3,(H,27,33)(H,28,30)(H,31,34)/b8-7-,26-18?. The van der Waals surface area contributed by atoms with Crippen molar-refractivity contribution in [2.75, 3.05) is 6.54 Å². The number of hydrogen-bond acceptors (Lipinski definition) is 5. The highest BCUT2D eigenvalue weighted by molar-refractivity contribution is 5.98. The molecule has 0 radical (unpaired) electrons. The van der Waals surface area contributed by atoms with Crippen molar-refractivity contribution in [3.8, 4) is 0 Å². The summed E-state index contributed by atoms with van der Waals surface area (Å²) in [5.74, 6) is 2.14. The van der Waals surface area contributed by atoms with Crippen LogP contribution >= 0.6 is 0 Å². The normalized spacial score (nSPS) is 21.2. The number of aryl methyl sites for hydroxylation is 1. The van der Waals surface area contributed by atoms with E-state index in [0.717, 1.165) is 12.1 Å². The van der Waals surface area contributed by atoms with Crippen LogP contribution in [0.25, 0.3) is 6.08 Å². The highest BCUT2D eigenvalue weighted by Crippen LogP contribution is 2.54. The summed E-state index contributed by atoms with van der Waals surface area (Å²) in [5, 5.41) is 18.6. The molecule has 3 heterocycles. The Balaban J connectivity index is 1.32. The summed E-state index contributed by atoms with van der Waals surface area (Å²) >= 11 is 0. The quantitative estimate of drug-likeness (QED) is 0.382. The second-order valence-corrected chi connectivity index (χ2v) is 9.80. The predicted molar refractivity (Wildman–Crippen MR) is 128 cm³/mol. The van der Waals surface area contributed by atoms with Gasteiger partial charge in [-0.3, -0.25) is 14.3 Å². The van der Waals surface area contributed by atoms with Gasteiger partial charge < -0.3 is 21.0 Å². The van der Waals surface area contributed by atoms with Gasteiger partial charge in [0.25, 0.3) is 5.91 Å². The van der Waals surface area contributed by atoms with Crippen LogP contribution in [0.2, 0.25) is 0 Å². The van der Waals surface area contributed by atoms with Crippen molar-refractivity contribution in [1.82, 2.24) is 30.4 Å². The Kier molecular flexibility index (Phi) is 6.34. The average molecular weight is 464 g/mol. The zero-order valence-corrected chi connectivity index (χ0v) is 19.6. The predicted octanol–water partition coefficient (Wildman–Crippen LogP) is 3.09. The van der Waals surface area contributed by atoms with Gasteiger partial charge in [0.1, 0.15) is 11.5 Å². The second kappa shape index (κ2) is 9.56. The molecule has 2 aromatic rings. The number of imidazole rings is 1. The van der Waals surface area contributed by atoms with Crippen LogP contribution in [0, 0.1) is 29.1 Å². The smallest absolute Gasteiger partial charge is 0.270 e. The van der Waals surface area contributed by atoms with Gasteiger partial charge in [0.05, 0.1) is 17.9 Å². The fourth-order valence-electron chi connectivity index (χ4n) is 5.21. The molecule has 1 aliphatic heterocycles. The van der Waals surface area contributed by atoms with Gasteiger partial charge in [-0.05, 0) is 75.0 Å². The van der Waals surface area contributed by atoms with E-state index in [2.05, 4.69) is 25.7 Å². The van der Waals surface area contributed by atoms with E-state index < -0.39 is 0 Å². The van der Waals surface area contributed by atoms with Crippen molar-refractivity contribution >= 4 is 23.6 Å². The van der Waals surface area contributed by atoms with E-state index >= 15 is 0 Å². The third-order valence-corrected chi connectivity index (χ3v) is 7.27. The molecule has 5 rings (SSSR count). The first-order valence-electron chi connectivity index (χ1n) is 12.4. The minimum absolute atomic E-state index is 0.0348. The summed E-state index contributed by atoms with van der Waals surface area (Å²) in [6.45, 7) is 3.31. The molecule has 9 heteroatoms. The van der Waals surface area contributed by atoms with Crippen molar-refractivity contribution < 1.29 is 9.59 Å². The molecule has 2 atom stereocenters. The summed E-state index contributed by atoms with van der Waals surface area (Å²) in [4.78, 5) is 32.9. The highest BCUT2D eigenvalue weighted by Gasteiger charge is 2.47. The maximum absolute atomic E-state index is 13.2. The Hall–Kier alpha value is -3.23. The van der Waals surface area contributed by atoms with Crippen molar-refractivity contribution in [1.29, 1.82) is 5.41 Å². The fraction of sp³-hybridized carbons (Fsp3) is 0.560. The third kappa shape index (κ3) is 4.98. The summed E-state index contributed by atoms with van der Waals surface area (Å²) in [6.07, 6.45) is 13.0. The van der Waals surface area contributed by atoms with Crippen LogP contribution in [0.5, 0.6) is 0 Å². The van der Waals surface area contributed by atoms with Crippen molar-refractivity contribution in [2.24, 2.45) is 23.7 Å². The maximum Gasteiger partial charge on any atom is 0.270 e. The third-order valence-electron chi connectivity index (χ3n) is 7.27. The first kappa shape index (κ1) is 22.6. The average Bonchev–Trinajstić information content (AvgIpc) is 3.70. The van der Waals surface area contributed by atoms with E-state index in [1.807, 2.05) is 13.1 Å². The summed E-state index contributed by atoms with van der Waals surface area (Å²) in [7, 11) is 0. The second-order valence-electron chi connectivity index (χ2n) is 9.80. The van der Waals surface area contributed by atoms with E-state index in [1.54, 1.807) is 29.1 Å². The number of aromatic amines is 1.